The number of likely N-dealkylation sites (tertiary alicyclic amines) is 1. The standard InChI is InChI=1S/C48H59ClN8O12S/c1-26-41(70-25-54-26)28-9-7-27(8-10-28)20-51-45(64)34-19-31(59)21-57(34)46(65)42(48(2,3)4)55-36(60)23-67-17-16-66-22-30(58)6-5-15-68-35-18-29(11-12-33(35)49)37(61)40-38(62)39(63)47(69-40)56-14-13-32-43(50)52-24-53-44(32)56/h7-14,18,24-25,31,34,37-40,42,47,59,61-63H,5-6,15-17,19-23H2,1-4H3,(H,51,64)(H,55,60)(H2,50,52,53)/t31-,34+,37-,38+,39-,40-,42-,47-/m1/s1. The van der Waals surface area contributed by atoms with Gasteiger partial charge in [0.15, 0.2) is 12.0 Å². The summed E-state index contributed by atoms with van der Waals surface area (Å²) in [5, 5.41) is 50.0. The zero-order valence-corrected chi connectivity index (χ0v) is 40.8. The quantitative estimate of drug-likeness (QED) is 0.0520. The van der Waals surface area contributed by atoms with Gasteiger partial charge in [-0.15, -0.1) is 11.3 Å². The Morgan fingerprint density at radius 2 is 1.73 bits per heavy atom. The summed E-state index contributed by atoms with van der Waals surface area (Å²) in [4.78, 5) is 67.8. The lowest BCUT2D eigenvalue weighted by Gasteiger charge is -2.35. The maximum absolute atomic E-state index is 14.0. The zero-order chi connectivity index (χ0) is 50.3. The minimum absolute atomic E-state index is 0.0113. The van der Waals surface area contributed by atoms with Gasteiger partial charge in [0.2, 0.25) is 17.7 Å². The Kier molecular flexibility index (Phi) is 17.2. The third-order valence-corrected chi connectivity index (χ3v) is 13.4. The Balaban J connectivity index is 0.793. The molecule has 0 saturated carbocycles. The van der Waals surface area contributed by atoms with E-state index in [-0.39, 0.29) is 74.7 Å². The lowest BCUT2D eigenvalue weighted by atomic mass is 9.85. The number of halogens is 1. The number of anilines is 1. The number of aryl methyl sites for hydroxylation is 1. The topological polar surface area (TPSA) is 283 Å². The van der Waals surface area contributed by atoms with E-state index in [4.69, 9.17) is 36.3 Å². The first-order chi connectivity index (χ1) is 33.4. The number of nitrogens with two attached hydrogens (primary N) is 1. The number of nitrogens with one attached hydrogen (secondary N) is 2. The van der Waals surface area contributed by atoms with Crippen LogP contribution in [0.2, 0.25) is 5.02 Å². The summed E-state index contributed by atoms with van der Waals surface area (Å²) in [6.45, 7) is 6.99. The number of nitrogens with zero attached hydrogens (tertiary/aromatic N) is 5. The van der Waals surface area contributed by atoms with Crippen molar-refractivity contribution in [2.75, 3.05) is 45.3 Å². The fraction of sp³-hybridized carbons (Fsp3) is 0.479. The molecule has 0 bridgehead atoms. The number of nitrogen functional groups attached to an aromatic ring is 1. The molecule has 2 aliphatic rings. The summed E-state index contributed by atoms with van der Waals surface area (Å²) in [6.07, 6.45) is -4.10. The molecule has 2 saturated heterocycles. The van der Waals surface area contributed by atoms with Crippen molar-refractivity contribution in [2.45, 2.75) is 102 Å². The first-order valence-corrected chi connectivity index (χ1v) is 24.1. The maximum Gasteiger partial charge on any atom is 0.246 e. The van der Waals surface area contributed by atoms with Gasteiger partial charge in [0.05, 0.1) is 52.4 Å². The van der Waals surface area contributed by atoms with Gasteiger partial charge in [-0.1, -0.05) is 62.7 Å². The molecule has 5 heterocycles. The lowest BCUT2D eigenvalue weighted by Crippen LogP contribution is -2.58. The number of amides is 3. The Morgan fingerprint density at radius 1 is 0.986 bits per heavy atom. The molecule has 0 unspecified atom stereocenters. The average molecular weight is 1010 g/mol. The summed E-state index contributed by atoms with van der Waals surface area (Å²) >= 11 is 7.93. The van der Waals surface area contributed by atoms with Crippen LogP contribution in [0.3, 0.4) is 0 Å². The van der Waals surface area contributed by atoms with Gasteiger partial charge in [-0.2, -0.15) is 0 Å². The number of aromatic nitrogens is 4. The highest BCUT2D eigenvalue weighted by Crippen LogP contribution is 2.39. The van der Waals surface area contributed by atoms with E-state index in [0.29, 0.717) is 23.0 Å². The van der Waals surface area contributed by atoms with Crippen LogP contribution in [0.1, 0.15) is 69.2 Å². The molecule has 0 spiro atoms. The van der Waals surface area contributed by atoms with Crippen molar-refractivity contribution in [2.24, 2.45) is 5.41 Å². The molecule has 3 aromatic heterocycles. The fourth-order valence-corrected chi connectivity index (χ4v) is 9.34. The third-order valence-electron chi connectivity index (χ3n) is 12.1. The van der Waals surface area contributed by atoms with Crippen molar-refractivity contribution < 1.29 is 58.6 Å². The number of hydrogen-bond donors (Lipinski definition) is 7. The van der Waals surface area contributed by atoms with E-state index in [1.165, 1.54) is 27.9 Å². The molecule has 5 aromatic rings. The molecule has 70 heavy (non-hydrogen) atoms. The number of carbonyl (C=O) groups is 4. The summed E-state index contributed by atoms with van der Waals surface area (Å²) in [6, 6.07) is 12.0. The molecule has 0 aliphatic carbocycles. The largest absolute Gasteiger partial charge is 0.492 e. The van der Waals surface area contributed by atoms with Gasteiger partial charge in [-0.05, 0) is 53.6 Å². The van der Waals surface area contributed by atoms with Gasteiger partial charge in [0.1, 0.15) is 73.3 Å². The molecule has 3 amide bonds. The van der Waals surface area contributed by atoms with Crippen LogP contribution in [0.25, 0.3) is 21.5 Å². The number of benzene rings is 2. The summed E-state index contributed by atoms with van der Waals surface area (Å²) < 4.78 is 24.2. The van der Waals surface area contributed by atoms with Crippen LogP contribution in [0, 0.1) is 12.3 Å². The second-order valence-corrected chi connectivity index (χ2v) is 19.6. The minimum Gasteiger partial charge on any atom is -0.492 e. The van der Waals surface area contributed by atoms with Crippen molar-refractivity contribution >= 4 is 63.3 Å². The van der Waals surface area contributed by atoms with Crippen LogP contribution >= 0.6 is 22.9 Å². The fourth-order valence-electron chi connectivity index (χ4n) is 8.35. The van der Waals surface area contributed by atoms with Crippen molar-refractivity contribution in [3.8, 4) is 16.2 Å². The van der Waals surface area contributed by atoms with Crippen LogP contribution in [0.15, 0.2) is 66.6 Å². The van der Waals surface area contributed by atoms with Gasteiger partial charge in [-0.3, -0.25) is 19.2 Å². The second-order valence-electron chi connectivity index (χ2n) is 18.4. The number of ether oxygens (including phenoxy) is 4. The van der Waals surface area contributed by atoms with E-state index in [1.807, 2.05) is 31.2 Å². The molecule has 8 atom stereocenters. The number of ketones is 1. The Morgan fingerprint density at radius 3 is 2.44 bits per heavy atom. The minimum atomic E-state index is -1.46. The number of Topliss-reactive ketones (excluding diaryl/α,β-unsaturated/α-hetero) is 1. The predicted octanol–water partition coefficient (Wildman–Crippen LogP) is 3.02. The highest BCUT2D eigenvalue weighted by atomic mass is 35.5. The van der Waals surface area contributed by atoms with Crippen molar-refractivity contribution in [1.82, 2.24) is 35.1 Å². The summed E-state index contributed by atoms with van der Waals surface area (Å²) in [5.74, 6) is -1.21. The number of β-amino-alcohol motifs (C(OH)–C–C–N with tert-alkyl or cyclic N) is 1. The number of carbonyl (C=O) groups excluding carboxylic acids is 4. The maximum atomic E-state index is 14.0. The monoisotopic (exact) mass is 1010 g/mol. The van der Waals surface area contributed by atoms with Crippen LogP contribution < -0.4 is 21.1 Å². The normalized spacial score (nSPS) is 21.2. The molecule has 2 aromatic carbocycles. The van der Waals surface area contributed by atoms with Gasteiger partial charge >= 0.3 is 0 Å². The van der Waals surface area contributed by atoms with E-state index in [1.54, 1.807) is 55.9 Å². The smallest absolute Gasteiger partial charge is 0.246 e. The number of fused-ring (bicyclic) bond motifs is 1. The van der Waals surface area contributed by atoms with Crippen LogP contribution in [0.5, 0.6) is 5.75 Å². The van der Waals surface area contributed by atoms with E-state index in [0.717, 1.165) is 21.7 Å². The molecule has 0 radical (unpaired) electrons. The first-order valence-electron chi connectivity index (χ1n) is 22.8. The molecule has 22 heteroatoms. The highest BCUT2D eigenvalue weighted by molar-refractivity contribution is 7.13. The van der Waals surface area contributed by atoms with E-state index in [2.05, 4.69) is 25.6 Å². The first kappa shape index (κ1) is 52.2. The third kappa shape index (κ3) is 12.5. The predicted molar refractivity (Wildman–Crippen MR) is 257 cm³/mol. The summed E-state index contributed by atoms with van der Waals surface area (Å²) in [5.41, 5.74) is 10.5. The van der Waals surface area contributed by atoms with E-state index in [9.17, 15) is 39.6 Å². The number of aliphatic hydroxyl groups excluding tert-OH is 4. The van der Waals surface area contributed by atoms with Crippen LogP contribution in [0.4, 0.5) is 5.82 Å². The Bertz CT molecular complexity index is 2630. The second kappa shape index (κ2) is 23.1. The lowest BCUT2D eigenvalue weighted by molar-refractivity contribution is -0.144. The highest BCUT2D eigenvalue weighted by Gasteiger charge is 2.48. The van der Waals surface area contributed by atoms with Crippen molar-refractivity contribution in [3.05, 3.63) is 88.4 Å². The van der Waals surface area contributed by atoms with E-state index < -0.39 is 78.6 Å². The molecule has 376 valence electrons. The average Bonchev–Trinajstić information content (AvgIpc) is 4.13. The number of hydrogen-bond acceptors (Lipinski definition) is 17. The molecule has 2 fully saturated rings. The Hall–Kier alpha value is -5.62. The molecule has 2 aliphatic heterocycles. The zero-order valence-electron chi connectivity index (χ0n) is 39.2. The molecule has 20 nitrogen and oxygen atoms in total. The molecular formula is C48H59ClN8O12S. The van der Waals surface area contributed by atoms with Crippen LogP contribution in [-0.2, 0) is 39.9 Å². The van der Waals surface area contributed by atoms with Crippen molar-refractivity contribution in [3.63, 3.8) is 0 Å². The van der Waals surface area contributed by atoms with Crippen molar-refractivity contribution in [1.29, 1.82) is 0 Å². The van der Waals surface area contributed by atoms with E-state index >= 15 is 0 Å². The molecular weight excluding hydrogens is 948 g/mol. The van der Waals surface area contributed by atoms with Gasteiger partial charge in [0, 0.05) is 32.1 Å². The number of thiazole rings is 1. The number of rotatable bonds is 21. The van der Waals surface area contributed by atoms with Crippen LogP contribution in [-0.4, -0.2) is 144 Å². The number of aliphatic hydroxyl groups is 4. The summed E-state index contributed by atoms with van der Waals surface area (Å²) in [7, 11) is 0. The SMILES string of the molecule is Cc1ncsc1-c1ccc(CNC(=O)[C@@H]2C[C@@H](O)CN2C(=O)[C@@H](NC(=O)COCCOCC(=O)CCCOc2cc([C@@H](O)[C@H]3O[C@@H](n4ccc5c(N)ncnc54)[C@H](O)[C@@H]3O)ccc2Cl)C(C)(C)C)cc1. The molecule has 7 rings (SSSR count). The van der Waals surface area contributed by atoms with Gasteiger partial charge < -0.3 is 65.2 Å². The Labute approximate surface area is 413 Å². The van der Waals surface area contributed by atoms with Gasteiger partial charge in [-0.25, -0.2) is 15.0 Å². The molecule has 8 N–H and O–H groups in total. The van der Waals surface area contributed by atoms with Gasteiger partial charge in [0.25, 0.3) is 0 Å².